The van der Waals surface area contributed by atoms with Gasteiger partial charge in [0.1, 0.15) is 17.7 Å². The Kier molecular flexibility index (Phi) is 5.73. The van der Waals surface area contributed by atoms with Gasteiger partial charge in [0.05, 0.1) is 17.9 Å². The third kappa shape index (κ3) is 3.59. The maximum absolute atomic E-state index is 13.3. The summed E-state index contributed by atoms with van der Waals surface area (Å²) in [5.41, 5.74) is 8.65. The van der Waals surface area contributed by atoms with Crippen LogP contribution in [0.3, 0.4) is 0 Å². The summed E-state index contributed by atoms with van der Waals surface area (Å²) in [7, 11) is 0. The van der Waals surface area contributed by atoms with Gasteiger partial charge in [0, 0.05) is 18.5 Å². The van der Waals surface area contributed by atoms with Gasteiger partial charge in [-0.25, -0.2) is 0 Å². The normalized spacial score (nSPS) is 32.8. The van der Waals surface area contributed by atoms with E-state index in [9.17, 15) is 9.90 Å². The Balaban J connectivity index is 1.61. The summed E-state index contributed by atoms with van der Waals surface area (Å²) in [6, 6.07) is 5.46. The molecular formula is C24H36N5O2+. The van der Waals surface area contributed by atoms with Crippen molar-refractivity contribution in [3.8, 4) is 0 Å². The van der Waals surface area contributed by atoms with Crippen LogP contribution >= 0.6 is 0 Å². The number of aliphatic hydroxyl groups excluding tert-OH is 1. The first kappa shape index (κ1) is 21.7. The van der Waals surface area contributed by atoms with E-state index in [4.69, 9.17) is 5.73 Å². The number of aliphatic hydroxyl groups is 1. The van der Waals surface area contributed by atoms with Gasteiger partial charge in [0.25, 0.3) is 5.91 Å². The number of nitrogens with two attached hydrogens (primary N) is 1. The van der Waals surface area contributed by atoms with Gasteiger partial charge in [-0.1, -0.05) is 25.6 Å². The van der Waals surface area contributed by atoms with Crippen LogP contribution in [0.5, 0.6) is 0 Å². The van der Waals surface area contributed by atoms with Gasteiger partial charge in [0.15, 0.2) is 0 Å². The zero-order valence-corrected chi connectivity index (χ0v) is 18.9. The molecule has 5 unspecified atom stereocenters. The van der Waals surface area contributed by atoms with Gasteiger partial charge in [-0.3, -0.25) is 15.5 Å². The highest BCUT2D eigenvalue weighted by molar-refractivity contribution is 5.96. The van der Waals surface area contributed by atoms with Crippen LogP contribution < -0.4 is 21.4 Å². The molecule has 0 bridgehead atoms. The quantitative estimate of drug-likeness (QED) is 0.338. The Morgan fingerprint density at radius 1 is 1.42 bits per heavy atom. The maximum atomic E-state index is 13.3. The Morgan fingerprint density at radius 3 is 2.90 bits per heavy atom. The molecule has 1 aliphatic carbocycles. The second kappa shape index (κ2) is 8.19. The first-order valence-electron chi connectivity index (χ1n) is 11.5. The molecule has 2 heterocycles. The molecule has 0 spiro atoms. The molecule has 1 aromatic rings. The lowest BCUT2D eigenvalue weighted by atomic mass is 9.80. The van der Waals surface area contributed by atoms with E-state index in [1.54, 1.807) is 0 Å². The summed E-state index contributed by atoms with van der Waals surface area (Å²) in [6.07, 6.45) is 4.18. The number of fused-ring (bicyclic) bond motifs is 2. The molecule has 168 valence electrons. The van der Waals surface area contributed by atoms with Crippen LogP contribution in [0.25, 0.3) is 0 Å². The Labute approximate surface area is 184 Å². The third-order valence-corrected chi connectivity index (χ3v) is 7.47. The number of benzene rings is 1. The number of rotatable bonds is 4. The first-order valence-corrected chi connectivity index (χ1v) is 11.5. The molecule has 0 aromatic heterocycles. The molecule has 7 nitrogen and oxygen atoms in total. The van der Waals surface area contributed by atoms with Gasteiger partial charge in [-0.2, -0.15) is 0 Å². The summed E-state index contributed by atoms with van der Waals surface area (Å²) in [5.74, 6) is 1.33. The van der Waals surface area contributed by atoms with E-state index in [0.717, 1.165) is 36.2 Å². The van der Waals surface area contributed by atoms with Crippen molar-refractivity contribution < 1.29 is 14.9 Å². The Morgan fingerprint density at radius 2 is 2.16 bits per heavy atom. The summed E-state index contributed by atoms with van der Waals surface area (Å²) in [5, 5.41) is 18.0. The molecule has 31 heavy (non-hydrogen) atoms. The zero-order chi connectivity index (χ0) is 22.3. The van der Waals surface area contributed by atoms with Crippen LogP contribution in [-0.2, 0) is 12.8 Å². The largest absolute Gasteiger partial charge is 0.388 e. The minimum atomic E-state index is -0.778. The fourth-order valence-corrected chi connectivity index (χ4v) is 5.68. The standard InChI is InChI=1S/C24H35N5O2/c1-5-20(25)28-21-14(2)26-15(3)29-13-19(22(30)24(21,29)4)27-23(31)18-12-8-10-16-9-6-7-11-17(16)18/h8,10,12,14,19,21-22,26,30H,3,5-7,9,11,13H2,1-2,4H3,(H2,25,28)(H,27,31)/p+1. The lowest BCUT2D eigenvalue weighted by Crippen LogP contribution is -2.94. The van der Waals surface area contributed by atoms with E-state index >= 15 is 0 Å². The number of carbonyl (C=O) groups excluding carboxylic acids is 1. The predicted octanol–water partition coefficient (Wildman–Crippen LogP) is -0.222. The second-order valence-corrected chi connectivity index (χ2v) is 9.39. The van der Waals surface area contributed by atoms with E-state index in [1.165, 1.54) is 12.0 Å². The molecule has 1 amide bonds. The van der Waals surface area contributed by atoms with E-state index in [-0.39, 0.29) is 18.0 Å². The van der Waals surface area contributed by atoms with Gasteiger partial charge in [0.2, 0.25) is 5.84 Å². The van der Waals surface area contributed by atoms with Crippen LogP contribution in [-0.4, -0.2) is 58.1 Å². The van der Waals surface area contributed by atoms with Crippen molar-refractivity contribution in [2.24, 2.45) is 5.73 Å². The van der Waals surface area contributed by atoms with Crippen molar-refractivity contribution in [2.45, 2.75) is 82.6 Å². The lowest BCUT2D eigenvalue weighted by molar-refractivity contribution is -0.532. The fourth-order valence-electron chi connectivity index (χ4n) is 5.68. The lowest BCUT2D eigenvalue weighted by Gasteiger charge is -2.49. The van der Waals surface area contributed by atoms with E-state index in [1.807, 2.05) is 26.0 Å². The molecule has 2 fully saturated rings. The number of nitrogens with one attached hydrogen (secondary N) is 3. The van der Waals surface area contributed by atoms with Crippen molar-refractivity contribution in [3.05, 3.63) is 47.3 Å². The molecule has 3 aliphatic rings. The highest BCUT2D eigenvalue weighted by atomic mass is 16.3. The van der Waals surface area contributed by atoms with E-state index in [0.29, 0.717) is 18.8 Å². The monoisotopic (exact) mass is 426 g/mol. The van der Waals surface area contributed by atoms with Gasteiger partial charge < -0.3 is 20.6 Å². The van der Waals surface area contributed by atoms with Gasteiger partial charge in [-0.15, -0.1) is 0 Å². The smallest absolute Gasteiger partial charge is 0.251 e. The van der Waals surface area contributed by atoms with Crippen molar-refractivity contribution in [3.63, 3.8) is 0 Å². The van der Waals surface area contributed by atoms with E-state index in [2.05, 4.69) is 40.1 Å². The molecule has 6 N–H and O–H groups in total. The number of hydrogen-bond acceptors (Lipinski definition) is 4. The molecule has 5 atom stereocenters. The van der Waals surface area contributed by atoms with Crippen molar-refractivity contribution >= 4 is 11.7 Å². The van der Waals surface area contributed by atoms with Crippen LogP contribution in [0.4, 0.5) is 0 Å². The van der Waals surface area contributed by atoms with Crippen LogP contribution in [0.1, 0.15) is 61.5 Å². The summed E-state index contributed by atoms with van der Waals surface area (Å²) >= 11 is 0. The van der Waals surface area contributed by atoms with Crippen LogP contribution in [0, 0.1) is 0 Å². The molecule has 0 saturated carbocycles. The average Bonchev–Trinajstić information content (AvgIpc) is 3.02. The van der Waals surface area contributed by atoms with Gasteiger partial charge in [-0.05, 0) is 56.7 Å². The van der Waals surface area contributed by atoms with Crippen molar-refractivity contribution in [1.29, 1.82) is 0 Å². The molecule has 2 aliphatic heterocycles. The summed E-state index contributed by atoms with van der Waals surface area (Å²) in [4.78, 5) is 18.7. The highest BCUT2D eigenvalue weighted by Crippen LogP contribution is 2.38. The third-order valence-electron chi connectivity index (χ3n) is 7.47. The summed E-state index contributed by atoms with van der Waals surface area (Å²) < 4.78 is 0. The van der Waals surface area contributed by atoms with Crippen molar-refractivity contribution in [2.75, 3.05) is 6.54 Å². The molecule has 2 saturated heterocycles. The number of nitrogens with zero attached hydrogens (tertiary/aromatic N) is 1. The fraction of sp³-hybridized carbons (Fsp3) is 0.583. The summed E-state index contributed by atoms with van der Waals surface area (Å²) in [6.45, 7) is 10.7. The number of amides is 1. The Bertz CT molecular complexity index is 913. The number of aryl methyl sites for hydroxylation is 1. The van der Waals surface area contributed by atoms with Crippen LogP contribution in [0.2, 0.25) is 0 Å². The van der Waals surface area contributed by atoms with Crippen LogP contribution in [0.15, 0.2) is 30.6 Å². The maximum Gasteiger partial charge on any atom is 0.251 e. The van der Waals surface area contributed by atoms with Gasteiger partial charge >= 0.3 is 0 Å². The number of amidine groups is 1. The molecular weight excluding hydrogens is 390 g/mol. The van der Waals surface area contributed by atoms with E-state index < -0.39 is 17.7 Å². The zero-order valence-electron chi connectivity index (χ0n) is 18.9. The predicted molar refractivity (Wildman–Crippen MR) is 121 cm³/mol. The second-order valence-electron chi connectivity index (χ2n) is 9.39. The molecule has 4 rings (SSSR count). The number of carbonyl (C=O) groups is 1. The average molecular weight is 427 g/mol. The topological polar surface area (TPSA) is 105 Å². The minimum Gasteiger partial charge on any atom is -0.388 e. The Hall–Kier alpha value is -2.54. The SMILES string of the molecule is C=C1NC(C)C([NH+]=C(N)CC)C2(C)C(O)C(NC(=O)c3cccc4c3CCCC4)CN12. The highest BCUT2D eigenvalue weighted by Gasteiger charge is 2.60. The molecule has 0 radical (unpaired) electrons. The molecule has 7 heteroatoms. The minimum absolute atomic E-state index is 0.0177. The van der Waals surface area contributed by atoms with Crippen molar-refractivity contribution in [1.82, 2.24) is 15.5 Å². The first-order chi connectivity index (χ1) is 14.8. The molecule has 1 aromatic carbocycles. The number of hydrogen-bond donors (Lipinski definition) is 5.